The highest BCUT2D eigenvalue weighted by atomic mass is 31.1. The maximum Gasteiger partial charge on any atom is 0.420 e. The van der Waals surface area contributed by atoms with E-state index in [1.165, 1.54) is 59.2 Å². The van der Waals surface area contributed by atoms with E-state index in [-0.39, 0.29) is 5.52 Å². The Bertz CT molecular complexity index is 557. The molecule has 0 aliphatic heterocycles. The number of hydrogen-bond acceptors (Lipinski definition) is 4. The fourth-order valence-electron chi connectivity index (χ4n) is 3.63. The van der Waals surface area contributed by atoms with E-state index in [0.717, 1.165) is 18.8 Å². The smallest absolute Gasteiger partial charge is 0.420 e. The average molecular weight is 365 g/mol. The van der Waals surface area contributed by atoms with Crippen molar-refractivity contribution in [2.75, 3.05) is 20.4 Å². The van der Waals surface area contributed by atoms with Crippen LogP contribution in [0.15, 0.2) is 18.2 Å². The van der Waals surface area contributed by atoms with Gasteiger partial charge in [0.2, 0.25) is 0 Å². The van der Waals surface area contributed by atoms with Gasteiger partial charge in [-0.05, 0) is 30.9 Å². The Balaban J connectivity index is 1.76. The zero-order valence-electron chi connectivity index (χ0n) is 15.5. The van der Waals surface area contributed by atoms with E-state index in [1.54, 1.807) is 18.2 Å². The van der Waals surface area contributed by atoms with Gasteiger partial charge in [-0.1, -0.05) is 55.6 Å². The van der Waals surface area contributed by atoms with E-state index >= 15 is 0 Å². The van der Waals surface area contributed by atoms with E-state index in [0.29, 0.717) is 23.2 Å². The largest absolute Gasteiger partial charge is 0.496 e. The van der Waals surface area contributed by atoms with Gasteiger partial charge in [0, 0.05) is 0 Å². The summed E-state index contributed by atoms with van der Waals surface area (Å²) in [5.41, 5.74) is -0.0647. The Kier molecular flexibility index (Phi) is 8.40. The Morgan fingerprint density at radius 1 is 1.04 bits per heavy atom. The van der Waals surface area contributed by atoms with Crippen molar-refractivity contribution in [3.05, 3.63) is 23.8 Å². The van der Waals surface area contributed by atoms with Crippen LogP contribution in [0.3, 0.4) is 0 Å². The van der Waals surface area contributed by atoms with Crippen LogP contribution in [0.2, 0.25) is 0 Å². The molecule has 1 aromatic carbocycles. The lowest BCUT2D eigenvalue weighted by Gasteiger charge is -2.08. The zero-order valence-corrected chi connectivity index (χ0v) is 16.4. The van der Waals surface area contributed by atoms with Gasteiger partial charge in [-0.3, -0.25) is 0 Å². The molecule has 25 heavy (non-hydrogen) atoms. The Labute approximate surface area is 152 Å². The summed E-state index contributed by atoms with van der Waals surface area (Å²) in [6.07, 6.45) is 11.7. The summed E-state index contributed by atoms with van der Waals surface area (Å²) in [4.78, 5) is 12.6. The van der Waals surface area contributed by atoms with Gasteiger partial charge in [-0.25, -0.2) is 4.79 Å². The van der Waals surface area contributed by atoms with Crippen molar-refractivity contribution in [1.29, 1.82) is 0 Å². The lowest BCUT2D eigenvalue weighted by atomic mass is 10.00. The Morgan fingerprint density at radius 2 is 1.64 bits per heavy atom. The van der Waals surface area contributed by atoms with E-state index < -0.39 is 7.80 Å². The topological polar surface area (TPSA) is 52.6 Å². The van der Waals surface area contributed by atoms with Gasteiger partial charge < -0.3 is 9.47 Å². The Hall–Kier alpha value is -1.41. The summed E-state index contributed by atoms with van der Waals surface area (Å²) < 4.78 is 22.9. The highest BCUT2D eigenvalue weighted by Gasteiger charge is 2.34. The first-order valence-corrected chi connectivity index (χ1v) is 10.8. The molecule has 0 heterocycles. The number of hydrogen-bond donors (Lipinski definition) is 0. The number of methoxy groups -OCH3 is 2. The molecule has 1 aromatic rings. The molecule has 1 saturated carbocycles. The molecular weight excluding hydrogens is 335 g/mol. The predicted octanol–water partition coefficient (Wildman–Crippen LogP) is 5.81. The maximum absolute atomic E-state index is 12.6. The van der Waals surface area contributed by atoms with Crippen LogP contribution in [-0.2, 0) is 4.57 Å². The monoisotopic (exact) mass is 365 g/mol. The SMILES string of the molecule is COc1cccc(OC)c1C(=O)[P+](=O)CCCCCCC1CCCC1. The second-order valence-corrected chi connectivity index (χ2v) is 8.41. The number of unbranched alkanes of at least 4 members (excludes halogenated alkanes) is 3. The summed E-state index contributed by atoms with van der Waals surface area (Å²) in [5.74, 6) is 1.78. The molecule has 1 unspecified atom stereocenters. The molecule has 1 atom stereocenters. The molecule has 138 valence electrons. The molecule has 0 radical (unpaired) electrons. The third-order valence-electron chi connectivity index (χ3n) is 5.07. The van der Waals surface area contributed by atoms with Crippen molar-refractivity contribution in [3.8, 4) is 11.5 Å². The third kappa shape index (κ3) is 5.81. The van der Waals surface area contributed by atoms with E-state index in [1.807, 2.05) is 0 Å². The first-order valence-electron chi connectivity index (χ1n) is 9.37. The summed E-state index contributed by atoms with van der Waals surface area (Å²) in [6.45, 7) is 0. The molecule has 0 bridgehead atoms. The van der Waals surface area contributed by atoms with Crippen LogP contribution in [0.5, 0.6) is 11.5 Å². The molecule has 1 aliphatic rings. The third-order valence-corrected chi connectivity index (χ3v) is 6.47. The number of carbonyl (C=O) groups is 1. The van der Waals surface area contributed by atoms with Gasteiger partial charge in [-0.15, -0.1) is 0 Å². The van der Waals surface area contributed by atoms with Crippen LogP contribution >= 0.6 is 7.80 Å². The summed E-state index contributed by atoms with van der Waals surface area (Å²) in [7, 11) is 1.07. The van der Waals surface area contributed by atoms with Crippen LogP contribution in [0.1, 0.15) is 68.1 Å². The second kappa shape index (κ2) is 10.6. The average Bonchev–Trinajstić information content (AvgIpc) is 3.16. The molecule has 0 saturated heterocycles. The first kappa shape index (κ1) is 19.9. The molecule has 0 amide bonds. The fourth-order valence-corrected chi connectivity index (χ4v) is 4.81. The predicted molar refractivity (Wildman–Crippen MR) is 101 cm³/mol. The van der Waals surface area contributed by atoms with Gasteiger partial charge in [0.15, 0.2) is 11.7 Å². The van der Waals surface area contributed by atoms with Crippen LogP contribution in [-0.4, -0.2) is 25.9 Å². The number of rotatable bonds is 11. The minimum absolute atomic E-state index is 0.301. The quantitative estimate of drug-likeness (QED) is 0.367. The lowest BCUT2D eigenvalue weighted by molar-refractivity contribution is 0.107. The molecule has 5 heteroatoms. The molecule has 1 fully saturated rings. The van der Waals surface area contributed by atoms with Gasteiger partial charge in [0.1, 0.15) is 11.5 Å². The minimum Gasteiger partial charge on any atom is -0.496 e. The molecule has 0 aromatic heterocycles. The van der Waals surface area contributed by atoms with Gasteiger partial charge in [-0.2, -0.15) is 0 Å². The van der Waals surface area contributed by atoms with E-state index in [9.17, 15) is 9.36 Å². The van der Waals surface area contributed by atoms with E-state index in [2.05, 4.69) is 0 Å². The molecule has 2 rings (SSSR count). The molecule has 1 aliphatic carbocycles. The van der Waals surface area contributed by atoms with Gasteiger partial charge in [0.05, 0.1) is 14.2 Å². The van der Waals surface area contributed by atoms with Crippen LogP contribution in [0, 0.1) is 5.92 Å². The van der Waals surface area contributed by atoms with Crippen LogP contribution < -0.4 is 9.47 Å². The van der Waals surface area contributed by atoms with E-state index in [4.69, 9.17) is 9.47 Å². The number of carbonyl (C=O) groups excluding carboxylic acids is 1. The maximum atomic E-state index is 12.6. The first-order chi connectivity index (χ1) is 12.2. The summed E-state index contributed by atoms with van der Waals surface area (Å²) in [6, 6.07) is 5.15. The number of benzene rings is 1. The van der Waals surface area contributed by atoms with Crippen molar-refractivity contribution in [2.45, 2.75) is 57.8 Å². The fraction of sp³-hybridized carbons (Fsp3) is 0.650. The molecule has 4 nitrogen and oxygen atoms in total. The summed E-state index contributed by atoms with van der Waals surface area (Å²) in [5, 5.41) is 0. The highest BCUT2D eigenvalue weighted by molar-refractivity contribution is 7.64. The van der Waals surface area contributed by atoms with Crippen molar-refractivity contribution in [2.24, 2.45) is 5.92 Å². The molecule has 0 N–H and O–H groups in total. The minimum atomic E-state index is -1.94. The normalized spacial score (nSPS) is 15.2. The molecule has 0 spiro atoms. The zero-order chi connectivity index (χ0) is 18.1. The second-order valence-electron chi connectivity index (χ2n) is 6.80. The van der Waals surface area contributed by atoms with Crippen molar-refractivity contribution in [1.82, 2.24) is 0 Å². The van der Waals surface area contributed by atoms with Crippen LogP contribution in [0.25, 0.3) is 0 Å². The Morgan fingerprint density at radius 3 is 2.24 bits per heavy atom. The van der Waals surface area contributed by atoms with Crippen molar-refractivity contribution < 1.29 is 18.8 Å². The van der Waals surface area contributed by atoms with Crippen LogP contribution in [0.4, 0.5) is 0 Å². The van der Waals surface area contributed by atoms with Gasteiger partial charge >= 0.3 is 13.3 Å². The van der Waals surface area contributed by atoms with Crippen molar-refractivity contribution >= 4 is 13.3 Å². The highest BCUT2D eigenvalue weighted by Crippen LogP contribution is 2.38. The van der Waals surface area contributed by atoms with Gasteiger partial charge in [0.25, 0.3) is 0 Å². The summed E-state index contributed by atoms with van der Waals surface area (Å²) >= 11 is 0. The van der Waals surface area contributed by atoms with Crippen molar-refractivity contribution in [3.63, 3.8) is 0 Å². The number of ether oxygens (including phenoxy) is 2. The molecular formula is C20H30O4P+. The standard InChI is InChI=1S/C20H30O4P/c1-23-17-13-9-14-18(24-2)19(17)20(21)25(22)15-8-4-3-5-10-16-11-6-7-12-16/h9,13-14,16H,3-8,10-12,15H2,1-2H3/q+1. The lowest BCUT2D eigenvalue weighted by Crippen LogP contribution is -2.03.